The molecule has 74 valence electrons. The smallest absolute Gasteiger partial charge is 0.0638 e. The fourth-order valence-electron chi connectivity index (χ4n) is 1.45. The summed E-state index contributed by atoms with van der Waals surface area (Å²) >= 11 is 0. The van der Waals surface area contributed by atoms with Crippen LogP contribution in [-0.2, 0) is 4.74 Å². The summed E-state index contributed by atoms with van der Waals surface area (Å²) in [7, 11) is 1.67. The summed E-state index contributed by atoms with van der Waals surface area (Å²) in [6.45, 7) is 8.85. The van der Waals surface area contributed by atoms with Gasteiger partial charge in [0.2, 0.25) is 0 Å². The van der Waals surface area contributed by atoms with Crippen LogP contribution in [0.1, 0.15) is 34.1 Å². The molecule has 0 aromatic heterocycles. The van der Waals surface area contributed by atoms with Crippen LogP contribution in [0, 0.1) is 11.3 Å². The van der Waals surface area contributed by atoms with Gasteiger partial charge >= 0.3 is 0 Å². The highest BCUT2D eigenvalue weighted by Crippen LogP contribution is 2.27. The van der Waals surface area contributed by atoms with Crippen molar-refractivity contribution < 1.29 is 9.84 Å². The molecule has 12 heavy (non-hydrogen) atoms. The molecule has 0 rings (SSSR count). The molecule has 0 aliphatic carbocycles. The van der Waals surface area contributed by atoms with E-state index in [0.717, 1.165) is 6.42 Å². The van der Waals surface area contributed by atoms with Crippen molar-refractivity contribution in [3.8, 4) is 0 Å². The first kappa shape index (κ1) is 11.9. The second kappa shape index (κ2) is 4.83. The van der Waals surface area contributed by atoms with Gasteiger partial charge in [-0.05, 0) is 5.92 Å². The minimum Gasteiger partial charge on any atom is -0.392 e. The van der Waals surface area contributed by atoms with Crippen molar-refractivity contribution in [3.63, 3.8) is 0 Å². The summed E-state index contributed by atoms with van der Waals surface area (Å²) in [6, 6.07) is 0. The lowest BCUT2D eigenvalue weighted by Crippen LogP contribution is -2.38. The number of rotatable bonds is 5. The molecule has 2 atom stereocenters. The van der Waals surface area contributed by atoms with Crippen LogP contribution in [0.4, 0.5) is 0 Å². The molecule has 2 nitrogen and oxygen atoms in total. The minimum absolute atomic E-state index is 0.135. The van der Waals surface area contributed by atoms with Crippen molar-refractivity contribution in [2.75, 3.05) is 13.7 Å². The molecule has 1 N–H and O–H groups in total. The molecule has 0 heterocycles. The van der Waals surface area contributed by atoms with E-state index in [4.69, 9.17) is 4.74 Å². The van der Waals surface area contributed by atoms with Crippen LogP contribution >= 0.6 is 0 Å². The van der Waals surface area contributed by atoms with Crippen LogP contribution in [-0.4, -0.2) is 24.9 Å². The lowest BCUT2D eigenvalue weighted by molar-refractivity contribution is -0.0374. The largest absolute Gasteiger partial charge is 0.392 e. The molecule has 2 heteroatoms. The van der Waals surface area contributed by atoms with E-state index in [1.807, 2.05) is 13.8 Å². The highest BCUT2D eigenvalue weighted by atomic mass is 16.5. The first-order chi connectivity index (χ1) is 5.45. The Labute approximate surface area is 75.9 Å². The van der Waals surface area contributed by atoms with Crippen LogP contribution in [0.15, 0.2) is 0 Å². The highest BCUT2D eigenvalue weighted by Gasteiger charge is 2.30. The van der Waals surface area contributed by atoms with E-state index in [9.17, 15) is 5.11 Å². The van der Waals surface area contributed by atoms with Gasteiger partial charge in [-0.15, -0.1) is 0 Å². The van der Waals surface area contributed by atoms with Crippen LogP contribution in [0.3, 0.4) is 0 Å². The number of ether oxygens (including phenoxy) is 1. The third kappa shape index (κ3) is 3.11. The summed E-state index contributed by atoms with van der Waals surface area (Å²) in [5.74, 6) is 0.343. The molecule has 0 aromatic rings. The Hall–Kier alpha value is -0.0800. The lowest BCUT2D eigenvalue weighted by Gasteiger charge is -2.33. The third-order valence-corrected chi connectivity index (χ3v) is 2.50. The summed E-state index contributed by atoms with van der Waals surface area (Å²) in [5.41, 5.74) is -0.135. The standard InChI is InChI=1S/C10H22O2/c1-6-8(2)9(11)10(3,4)7-12-5/h8-9,11H,6-7H2,1-5H3/t8-,9+/m1/s1. The van der Waals surface area contributed by atoms with E-state index < -0.39 is 0 Å². The summed E-state index contributed by atoms with van der Waals surface area (Å²) in [5, 5.41) is 9.90. The molecular formula is C10H22O2. The van der Waals surface area contributed by atoms with Gasteiger partial charge in [-0.3, -0.25) is 0 Å². The zero-order chi connectivity index (χ0) is 9.78. The monoisotopic (exact) mass is 174 g/mol. The van der Waals surface area contributed by atoms with Gasteiger partial charge in [0.25, 0.3) is 0 Å². The predicted octanol–water partition coefficient (Wildman–Crippen LogP) is 2.07. The topological polar surface area (TPSA) is 29.5 Å². The van der Waals surface area contributed by atoms with E-state index >= 15 is 0 Å². The van der Waals surface area contributed by atoms with Crippen molar-refractivity contribution >= 4 is 0 Å². The zero-order valence-corrected chi connectivity index (χ0v) is 8.92. The maximum Gasteiger partial charge on any atom is 0.0638 e. The Bertz CT molecular complexity index is 121. The molecule has 0 saturated heterocycles. The van der Waals surface area contributed by atoms with Crippen LogP contribution < -0.4 is 0 Å². The Balaban J connectivity index is 4.13. The van der Waals surface area contributed by atoms with Gasteiger partial charge in [0.15, 0.2) is 0 Å². The summed E-state index contributed by atoms with van der Waals surface area (Å²) < 4.78 is 5.06. The molecule has 0 aliphatic rings. The van der Waals surface area contributed by atoms with Gasteiger partial charge in [0, 0.05) is 12.5 Å². The van der Waals surface area contributed by atoms with E-state index in [1.165, 1.54) is 0 Å². The molecule has 0 aromatic carbocycles. The van der Waals surface area contributed by atoms with Gasteiger partial charge in [0.1, 0.15) is 0 Å². The van der Waals surface area contributed by atoms with Gasteiger partial charge in [0.05, 0.1) is 12.7 Å². The SMILES string of the molecule is CC[C@@H](C)[C@H](O)C(C)(C)COC. The van der Waals surface area contributed by atoms with Crippen molar-refractivity contribution in [2.45, 2.75) is 40.2 Å². The van der Waals surface area contributed by atoms with Crippen LogP contribution in [0.2, 0.25) is 0 Å². The number of methoxy groups -OCH3 is 1. The first-order valence-electron chi connectivity index (χ1n) is 4.62. The van der Waals surface area contributed by atoms with E-state index in [-0.39, 0.29) is 11.5 Å². The van der Waals surface area contributed by atoms with Crippen LogP contribution in [0.25, 0.3) is 0 Å². The Kier molecular flexibility index (Phi) is 4.80. The molecular weight excluding hydrogens is 152 g/mol. The van der Waals surface area contributed by atoms with Crippen molar-refractivity contribution in [1.29, 1.82) is 0 Å². The fraction of sp³-hybridized carbons (Fsp3) is 1.00. The summed E-state index contributed by atoms with van der Waals surface area (Å²) in [6.07, 6.45) is 0.733. The molecule has 0 aliphatic heterocycles. The highest BCUT2D eigenvalue weighted by molar-refractivity contribution is 4.80. The fourth-order valence-corrected chi connectivity index (χ4v) is 1.45. The van der Waals surface area contributed by atoms with Gasteiger partial charge in [-0.2, -0.15) is 0 Å². The lowest BCUT2D eigenvalue weighted by atomic mass is 9.80. The minimum atomic E-state index is -0.276. The quantitative estimate of drug-likeness (QED) is 0.691. The number of hydrogen-bond acceptors (Lipinski definition) is 2. The van der Waals surface area contributed by atoms with Gasteiger partial charge < -0.3 is 9.84 Å². The van der Waals surface area contributed by atoms with Gasteiger partial charge in [-0.25, -0.2) is 0 Å². The Morgan fingerprint density at radius 2 is 1.92 bits per heavy atom. The molecule has 0 radical (unpaired) electrons. The Morgan fingerprint density at radius 1 is 1.42 bits per heavy atom. The number of aliphatic hydroxyl groups excluding tert-OH is 1. The second-order valence-corrected chi connectivity index (χ2v) is 4.25. The maximum absolute atomic E-state index is 9.90. The van der Waals surface area contributed by atoms with E-state index in [1.54, 1.807) is 7.11 Å². The molecule has 0 amide bonds. The Morgan fingerprint density at radius 3 is 2.25 bits per heavy atom. The molecule has 0 spiro atoms. The average Bonchev–Trinajstić information content (AvgIpc) is 2.01. The van der Waals surface area contributed by atoms with Crippen molar-refractivity contribution in [3.05, 3.63) is 0 Å². The number of aliphatic hydroxyl groups is 1. The van der Waals surface area contributed by atoms with E-state index in [0.29, 0.717) is 12.5 Å². The first-order valence-corrected chi connectivity index (χ1v) is 4.62. The molecule has 0 saturated carbocycles. The van der Waals surface area contributed by atoms with Crippen molar-refractivity contribution in [2.24, 2.45) is 11.3 Å². The van der Waals surface area contributed by atoms with Crippen LogP contribution in [0.5, 0.6) is 0 Å². The second-order valence-electron chi connectivity index (χ2n) is 4.25. The maximum atomic E-state index is 9.90. The normalized spacial score (nSPS) is 17.5. The average molecular weight is 174 g/mol. The molecule has 0 fully saturated rings. The van der Waals surface area contributed by atoms with Crippen molar-refractivity contribution in [1.82, 2.24) is 0 Å². The number of hydrogen-bond donors (Lipinski definition) is 1. The molecule has 0 unspecified atom stereocenters. The third-order valence-electron chi connectivity index (χ3n) is 2.50. The summed E-state index contributed by atoms with van der Waals surface area (Å²) in [4.78, 5) is 0. The molecule has 0 bridgehead atoms. The van der Waals surface area contributed by atoms with Gasteiger partial charge in [-0.1, -0.05) is 34.1 Å². The van der Waals surface area contributed by atoms with E-state index in [2.05, 4.69) is 13.8 Å². The zero-order valence-electron chi connectivity index (χ0n) is 8.92. The predicted molar refractivity (Wildman–Crippen MR) is 51.1 cm³/mol.